The minimum Gasteiger partial charge on any atom is -0.477 e. The predicted molar refractivity (Wildman–Crippen MR) is 99.5 cm³/mol. The van der Waals surface area contributed by atoms with Crippen LogP contribution in [0.5, 0.6) is 5.75 Å². The van der Waals surface area contributed by atoms with Gasteiger partial charge in [-0.15, -0.1) is 11.3 Å². The predicted octanol–water partition coefficient (Wildman–Crippen LogP) is 4.04. The lowest BCUT2D eigenvalue weighted by Gasteiger charge is -2.08. The maximum Gasteiger partial charge on any atom is 0.310 e. The van der Waals surface area contributed by atoms with Gasteiger partial charge in [0, 0.05) is 22.7 Å². The lowest BCUT2D eigenvalue weighted by Crippen LogP contribution is -2.20. The number of benzene rings is 2. The Bertz CT molecular complexity index is 938. The molecule has 8 heteroatoms. The van der Waals surface area contributed by atoms with Gasteiger partial charge in [0.05, 0.1) is 15.6 Å². The first-order valence-corrected chi connectivity index (χ1v) is 8.59. The van der Waals surface area contributed by atoms with Crippen LogP contribution in [0.3, 0.4) is 0 Å². The van der Waals surface area contributed by atoms with Crippen molar-refractivity contribution >= 4 is 28.6 Å². The Kier molecular flexibility index (Phi) is 5.23. The van der Waals surface area contributed by atoms with Gasteiger partial charge in [0.25, 0.3) is 5.91 Å². The average Bonchev–Trinajstić information content (AvgIpc) is 3.07. The molecule has 0 fully saturated rings. The number of nitrogens with zero attached hydrogens (tertiary/aromatic N) is 2. The van der Waals surface area contributed by atoms with Crippen LogP contribution >= 0.6 is 11.3 Å². The number of hydrogen-bond acceptors (Lipinski definition) is 6. The lowest BCUT2D eigenvalue weighted by molar-refractivity contribution is -0.385. The molecule has 0 unspecified atom stereocenters. The fraction of sp³-hybridized carbons (Fsp3) is 0.111. The van der Waals surface area contributed by atoms with Gasteiger partial charge in [0.15, 0.2) is 12.4 Å². The third-order valence-electron chi connectivity index (χ3n) is 3.50. The van der Waals surface area contributed by atoms with Crippen molar-refractivity contribution in [1.82, 2.24) is 4.98 Å². The minimum absolute atomic E-state index is 0.0573. The molecule has 0 bridgehead atoms. The Hall–Kier alpha value is -3.26. The third kappa shape index (κ3) is 4.22. The van der Waals surface area contributed by atoms with E-state index in [1.807, 2.05) is 24.4 Å². The molecular weight excluding hydrogens is 354 g/mol. The fourth-order valence-electron chi connectivity index (χ4n) is 2.29. The summed E-state index contributed by atoms with van der Waals surface area (Å²) in [6.07, 6.45) is 0. The zero-order valence-electron chi connectivity index (χ0n) is 13.8. The molecule has 1 N–H and O–H groups in total. The van der Waals surface area contributed by atoms with E-state index in [9.17, 15) is 14.9 Å². The molecule has 0 spiro atoms. The quantitative estimate of drug-likeness (QED) is 0.523. The van der Waals surface area contributed by atoms with Gasteiger partial charge < -0.3 is 10.1 Å². The third-order valence-corrected chi connectivity index (χ3v) is 4.28. The van der Waals surface area contributed by atoms with Crippen LogP contribution < -0.4 is 10.1 Å². The van der Waals surface area contributed by atoms with Crippen LogP contribution in [0.2, 0.25) is 0 Å². The maximum absolute atomic E-state index is 12.0. The molecular formula is C18H15N3O4S. The van der Waals surface area contributed by atoms with Gasteiger partial charge in [0.2, 0.25) is 0 Å². The normalized spacial score (nSPS) is 10.3. The molecule has 3 rings (SSSR count). The van der Waals surface area contributed by atoms with Crippen molar-refractivity contribution in [2.75, 3.05) is 11.9 Å². The first kappa shape index (κ1) is 17.6. The number of carbonyl (C=O) groups is 1. The molecule has 1 aromatic heterocycles. The van der Waals surface area contributed by atoms with Crippen LogP contribution in [0.25, 0.3) is 11.3 Å². The zero-order valence-corrected chi connectivity index (χ0v) is 14.7. The summed E-state index contributed by atoms with van der Waals surface area (Å²) in [4.78, 5) is 26.8. The number of rotatable bonds is 6. The van der Waals surface area contributed by atoms with Gasteiger partial charge in [-0.25, -0.2) is 4.98 Å². The zero-order chi connectivity index (χ0) is 18.5. The van der Waals surface area contributed by atoms with Crippen molar-refractivity contribution in [3.8, 4) is 17.0 Å². The Morgan fingerprint density at radius 1 is 1.23 bits per heavy atom. The van der Waals surface area contributed by atoms with Crippen molar-refractivity contribution in [2.24, 2.45) is 0 Å². The van der Waals surface area contributed by atoms with E-state index in [1.54, 1.807) is 29.5 Å². The van der Waals surface area contributed by atoms with Crippen molar-refractivity contribution in [2.45, 2.75) is 6.92 Å². The van der Waals surface area contributed by atoms with E-state index in [1.165, 1.54) is 18.2 Å². The number of thiazole rings is 1. The molecule has 0 atom stereocenters. The molecule has 0 aliphatic rings. The molecule has 1 heterocycles. The lowest BCUT2D eigenvalue weighted by atomic mass is 10.1. The summed E-state index contributed by atoms with van der Waals surface area (Å²) in [5, 5.41) is 16.6. The number of amides is 1. The summed E-state index contributed by atoms with van der Waals surface area (Å²) in [7, 11) is 0. The topological polar surface area (TPSA) is 94.4 Å². The maximum atomic E-state index is 12.0. The highest BCUT2D eigenvalue weighted by molar-refractivity contribution is 7.09. The summed E-state index contributed by atoms with van der Waals surface area (Å²) < 4.78 is 5.27. The fourth-order valence-corrected chi connectivity index (χ4v) is 2.91. The van der Waals surface area contributed by atoms with Crippen LogP contribution in [0.15, 0.2) is 53.9 Å². The van der Waals surface area contributed by atoms with Crippen LogP contribution in [-0.2, 0) is 4.79 Å². The first-order chi connectivity index (χ1) is 12.5. The van der Waals surface area contributed by atoms with Gasteiger partial charge in [-0.1, -0.05) is 24.3 Å². The number of anilines is 1. The Labute approximate surface area is 153 Å². The van der Waals surface area contributed by atoms with E-state index in [0.717, 1.165) is 16.3 Å². The molecule has 0 saturated heterocycles. The number of nitro benzene ring substituents is 1. The number of aryl methyl sites for hydroxylation is 1. The van der Waals surface area contributed by atoms with Gasteiger partial charge in [-0.3, -0.25) is 14.9 Å². The monoisotopic (exact) mass is 369 g/mol. The highest BCUT2D eigenvalue weighted by atomic mass is 32.1. The highest BCUT2D eigenvalue weighted by Gasteiger charge is 2.15. The molecule has 26 heavy (non-hydrogen) atoms. The van der Waals surface area contributed by atoms with E-state index < -0.39 is 10.8 Å². The molecule has 0 aliphatic carbocycles. The SMILES string of the molecule is Cc1nc(-c2ccc(NC(=O)COc3ccccc3[N+](=O)[O-])cc2)cs1. The molecule has 0 radical (unpaired) electrons. The van der Waals surface area contributed by atoms with E-state index in [2.05, 4.69) is 10.3 Å². The summed E-state index contributed by atoms with van der Waals surface area (Å²) in [6, 6.07) is 13.2. The van der Waals surface area contributed by atoms with Crippen molar-refractivity contribution in [3.05, 3.63) is 69.0 Å². The van der Waals surface area contributed by atoms with E-state index >= 15 is 0 Å². The van der Waals surface area contributed by atoms with Crippen molar-refractivity contribution < 1.29 is 14.5 Å². The highest BCUT2D eigenvalue weighted by Crippen LogP contribution is 2.26. The molecule has 7 nitrogen and oxygen atoms in total. The van der Waals surface area contributed by atoms with Gasteiger partial charge >= 0.3 is 5.69 Å². The minimum atomic E-state index is -0.549. The molecule has 0 saturated carbocycles. The Morgan fingerprint density at radius 3 is 2.62 bits per heavy atom. The van der Waals surface area contributed by atoms with Crippen LogP contribution in [0, 0.1) is 17.0 Å². The number of carbonyl (C=O) groups excluding carboxylic acids is 1. The van der Waals surface area contributed by atoms with E-state index in [0.29, 0.717) is 5.69 Å². The number of nitro groups is 1. The number of ether oxygens (including phenoxy) is 1. The summed E-state index contributed by atoms with van der Waals surface area (Å²) >= 11 is 1.58. The van der Waals surface area contributed by atoms with Gasteiger partial charge in [-0.05, 0) is 25.1 Å². The number of nitrogens with one attached hydrogen (secondary N) is 1. The van der Waals surface area contributed by atoms with Crippen molar-refractivity contribution in [3.63, 3.8) is 0 Å². The molecule has 0 aliphatic heterocycles. The number of aromatic nitrogens is 1. The van der Waals surface area contributed by atoms with Crippen LogP contribution in [0.1, 0.15) is 5.01 Å². The Morgan fingerprint density at radius 2 is 1.96 bits per heavy atom. The van der Waals surface area contributed by atoms with E-state index in [4.69, 9.17) is 4.74 Å². The van der Waals surface area contributed by atoms with E-state index in [-0.39, 0.29) is 18.0 Å². The van der Waals surface area contributed by atoms with Gasteiger partial charge in [-0.2, -0.15) is 0 Å². The van der Waals surface area contributed by atoms with Gasteiger partial charge in [0.1, 0.15) is 0 Å². The van der Waals surface area contributed by atoms with Crippen LogP contribution in [0.4, 0.5) is 11.4 Å². The molecule has 3 aromatic rings. The molecule has 1 amide bonds. The smallest absolute Gasteiger partial charge is 0.310 e. The second-order valence-corrected chi connectivity index (χ2v) is 6.45. The Balaban J connectivity index is 1.59. The second-order valence-electron chi connectivity index (χ2n) is 5.39. The first-order valence-electron chi connectivity index (χ1n) is 7.71. The van der Waals surface area contributed by atoms with Crippen molar-refractivity contribution in [1.29, 1.82) is 0 Å². The molecule has 132 valence electrons. The molecule has 2 aromatic carbocycles. The largest absolute Gasteiger partial charge is 0.477 e. The second kappa shape index (κ2) is 7.75. The standard InChI is InChI=1S/C18H15N3O4S/c1-12-19-15(11-26-12)13-6-8-14(9-7-13)20-18(22)10-25-17-5-3-2-4-16(17)21(23)24/h2-9,11H,10H2,1H3,(H,20,22). The average molecular weight is 369 g/mol. The number of para-hydroxylation sites is 2. The summed E-state index contributed by atoms with van der Waals surface area (Å²) in [5.74, 6) is -0.345. The van der Waals surface area contributed by atoms with Crippen LogP contribution in [-0.4, -0.2) is 22.4 Å². The number of hydrogen-bond donors (Lipinski definition) is 1. The summed E-state index contributed by atoms with van der Waals surface area (Å²) in [5.41, 5.74) is 2.29. The summed E-state index contributed by atoms with van der Waals surface area (Å²) in [6.45, 7) is 1.62.